The number of esters is 2. The normalized spacial score (nSPS) is 13.0. The molecule has 1 aromatic rings. The highest BCUT2D eigenvalue weighted by Crippen LogP contribution is 2.11. The number of hydrogen-bond donors (Lipinski definition) is 2. The van der Waals surface area contributed by atoms with E-state index < -0.39 is 24.1 Å². The molecule has 0 saturated carbocycles. The SMILES string of the molecule is CCCCOC(=O)c1ccc(C(=O)OCCCSCC(O)C(O)CSC)cc1. The van der Waals surface area contributed by atoms with Crippen LogP contribution in [0.15, 0.2) is 24.3 Å². The summed E-state index contributed by atoms with van der Waals surface area (Å²) >= 11 is 3.00. The molecule has 0 spiro atoms. The Morgan fingerprint density at radius 1 is 0.929 bits per heavy atom. The van der Waals surface area contributed by atoms with Gasteiger partial charge in [0.05, 0.1) is 36.5 Å². The summed E-state index contributed by atoms with van der Waals surface area (Å²) in [6.07, 6.45) is 2.86. The Hall–Kier alpha value is -1.22. The van der Waals surface area contributed by atoms with E-state index in [4.69, 9.17) is 9.47 Å². The van der Waals surface area contributed by atoms with E-state index in [1.807, 2.05) is 13.2 Å². The van der Waals surface area contributed by atoms with Crippen LogP contribution in [-0.4, -0.2) is 71.1 Å². The zero-order valence-electron chi connectivity index (χ0n) is 16.5. The second kappa shape index (κ2) is 14.7. The Morgan fingerprint density at radius 3 is 1.93 bits per heavy atom. The lowest BCUT2D eigenvalue weighted by molar-refractivity contribution is 0.0486. The molecular formula is C20H30O6S2. The fourth-order valence-corrected chi connectivity index (χ4v) is 3.66. The second-order valence-corrected chi connectivity index (χ2v) is 8.28. The van der Waals surface area contributed by atoms with Gasteiger partial charge in [-0.2, -0.15) is 23.5 Å². The Bertz CT molecular complexity index is 579. The fraction of sp³-hybridized carbons (Fsp3) is 0.600. The van der Waals surface area contributed by atoms with Gasteiger partial charge in [-0.3, -0.25) is 0 Å². The minimum absolute atomic E-state index is 0.274. The number of thioether (sulfide) groups is 2. The first kappa shape index (κ1) is 24.8. The van der Waals surface area contributed by atoms with E-state index in [1.165, 1.54) is 23.5 Å². The summed E-state index contributed by atoms with van der Waals surface area (Å²) in [7, 11) is 0. The lowest BCUT2D eigenvalue weighted by atomic mass is 10.1. The molecule has 2 N–H and O–H groups in total. The highest BCUT2D eigenvalue weighted by Gasteiger charge is 2.15. The van der Waals surface area contributed by atoms with E-state index >= 15 is 0 Å². The molecule has 0 aromatic heterocycles. The summed E-state index contributed by atoms with van der Waals surface area (Å²) < 4.78 is 10.3. The lowest BCUT2D eigenvalue weighted by Gasteiger charge is -2.16. The molecule has 1 rings (SSSR count). The summed E-state index contributed by atoms with van der Waals surface area (Å²) in [4.78, 5) is 23.8. The van der Waals surface area contributed by atoms with Crippen LogP contribution < -0.4 is 0 Å². The largest absolute Gasteiger partial charge is 0.462 e. The second-order valence-electron chi connectivity index (χ2n) is 6.22. The third-order valence-corrected chi connectivity index (χ3v) is 5.65. The summed E-state index contributed by atoms with van der Waals surface area (Å²) in [5.41, 5.74) is 0.791. The van der Waals surface area contributed by atoms with Gasteiger partial charge >= 0.3 is 11.9 Å². The first-order chi connectivity index (χ1) is 13.5. The van der Waals surface area contributed by atoms with Crippen LogP contribution >= 0.6 is 23.5 Å². The Morgan fingerprint density at radius 2 is 1.43 bits per heavy atom. The molecule has 2 unspecified atom stereocenters. The van der Waals surface area contributed by atoms with Crippen molar-refractivity contribution >= 4 is 35.5 Å². The molecule has 158 valence electrons. The molecule has 0 radical (unpaired) electrons. The number of ether oxygens (including phenoxy) is 2. The molecule has 0 aliphatic rings. The van der Waals surface area contributed by atoms with Gasteiger partial charge in [-0.05, 0) is 49.1 Å². The highest BCUT2D eigenvalue weighted by atomic mass is 32.2. The molecule has 0 aliphatic carbocycles. The first-order valence-electron chi connectivity index (χ1n) is 9.36. The van der Waals surface area contributed by atoms with Gasteiger partial charge in [-0.25, -0.2) is 9.59 Å². The van der Waals surface area contributed by atoms with E-state index in [1.54, 1.807) is 24.3 Å². The molecule has 0 bridgehead atoms. The number of hydrogen-bond acceptors (Lipinski definition) is 8. The fourth-order valence-electron chi connectivity index (χ4n) is 2.14. The van der Waals surface area contributed by atoms with Crippen molar-refractivity contribution in [2.45, 2.75) is 38.4 Å². The number of unbranched alkanes of at least 4 members (excludes halogenated alkanes) is 1. The van der Waals surface area contributed by atoms with Crippen LogP contribution in [-0.2, 0) is 9.47 Å². The number of aliphatic hydroxyl groups is 2. The molecule has 0 fully saturated rings. The number of rotatable bonds is 14. The third-order valence-electron chi connectivity index (χ3n) is 3.82. The maximum atomic E-state index is 12.0. The van der Waals surface area contributed by atoms with Crippen LogP contribution in [0.5, 0.6) is 0 Å². The minimum Gasteiger partial charge on any atom is -0.462 e. The molecule has 0 heterocycles. The van der Waals surface area contributed by atoms with Crippen LogP contribution in [0.25, 0.3) is 0 Å². The van der Waals surface area contributed by atoms with E-state index in [0.717, 1.165) is 18.6 Å². The van der Waals surface area contributed by atoms with Gasteiger partial charge in [0, 0.05) is 11.5 Å². The number of benzene rings is 1. The van der Waals surface area contributed by atoms with Crippen LogP contribution in [0.2, 0.25) is 0 Å². The molecule has 2 atom stereocenters. The predicted octanol–water partition coefficient (Wildman–Crippen LogP) is 3.01. The standard InChI is InChI=1S/C20H30O6S2/c1-3-4-10-25-19(23)15-6-8-16(9-7-15)20(24)26-11-5-12-28-14-18(22)17(21)13-27-2/h6-9,17-18,21-22H,3-5,10-14H2,1-2H3. The third kappa shape index (κ3) is 9.82. The van der Waals surface area contributed by atoms with Crippen LogP contribution in [0.3, 0.4) is 0 Å². The molecule has 0 amide bonds. The lowest BCUT2D eigenvalue weighted by Crippen LogP contribution is -2.30. The van der Waals surface area contributed by atoms with Crippen molar-refractivity contribution in [3.8, 4) is 0 Å². The minimum atomic E-state index is -0.743. The van der Waals surface area contributed by atoms with Crippen molar-refractivity contribution < 1.29 is 29.3 Å². The van der Waals surface area contributed by atoms with E-state index in [9.17, 15) is 19.8 Å². The van der Waals surface area contributed by atoms with Gasteiger partial charge in [-0.15, -0.1) is 0 Å². The van der Waals surface area contributed by atoms with Crippen LogP contribution in [0.1, 0.15) is 46.9 Å². The van der Waals surface area contributed by atoms with Gasteiger partial charge in [-0.1, -0.05) is 13.3 Å². The maximum absolute atomic E-state index is 12.0. The highest BCUT2D eigenvalue weighted by molar-refractivity contribution is 7.99. The van der Waals surface area contributed by atoms with Crippen molar-refractivity contribution in [3.05, 3.63) is 35.4 Å². The van der Waals surface area contributed by atoms with Crippen molar-refractivity contribution in [1.29, 1.82) is 0 Å². The van der Waals surface area contributed by atoms with Gasteiger partial charge < -0.3 is 19.7 Å². The summed E-state index contributed by atoms with van der Waals surface area (Å²) in [6.45, 7) is 2.69. The predicted molar refractivity (Wildman–Crippen MR) is 114 cm³/mol. The van der Waals surface area contributed by atoms with Crippen LogP contribution in [0, 0.1) is 0 Å². The average molecular weight is 431 g/mol. The zero-order valence-corrected chi connectivity index (χ0v) is 18.1. The first-order valence-corrected chi connectivity index (χ1v) is 11.9. The number of carbonyl (C=O) groups excluding carboxylic acids is 2. The van der Waals surface area contributed by atoms with Crippen molar-refractivity contribution in [2.24, 2.45) is 0 Å². The Labute approximate surface area is 175 Å². The van der Waals surface area contributed by atoms with Gasteiger partial charge in [0.2, 0.25) is 0 Å². The monoisotopic (exact) mass is 430 g/mol. The zero-order chi connectivity index (χ0) is 20.8. The molecule has 6 nitrogen and oxygen atoms in total. The number of carbonyl (C=O) groups is 2. The van der Waals surface area contributed by atoms with Gasteiger partial charge in [0.1, 0.15) is 0 Å². The molecule has 28 heavy (non-hydrogen) atoms. The molecule has 0 saturated heterocycles. The average Bonchev–Trinajstić information content (AvgIpc) is 2.70. The van der Waals surface area contributed by atoms with Gasteiger partial charge in [0.15, 0.2) is 0 Å². The van der Waals surface area contributed by atoms with Crippen molar-refractivity contribution in [2.75, 3.05) is 36.7 Å². The van der Waals surface area contributed by atoms with Crippen LogP contribution in [0.4, 0.5) is 0 Å². The quantitative estimate of drug-likeness (QED) is 0.344. The molecule has 0 aliphatic heterocycles. The molecule has 1 aromatic carbocycles. The topological polar surface area (TPSA) is 93.1 Å². The molecular weight excluding hydrogens is 400 g/mol. The Balaban J connectivity index is 2.24. The van der Waals surface area contributed by atoms with Crippen molar-refractivity contribution in [3.63, 3.8) is 0 Å². The van der Waals surface area contributed by atoms with Crippen molar-refractivity contribution in [1.82, 2.24) is 0 Å². The summed E-state index contributed by atoms with van der Waals surface area (Å²) in [5, 5.41) is 19.4. The maximum Gasteiger partial charge on any atom is 0.338 e. The van der Waals surface area contributed by atoms with E-state index in [0.29, 0.717) is 35.7 Å². The van der Waals surface area contributed by atoms with E-state index in [-0.39, 0.29) is 6.61 Å². The summed E-state index contributed by atoms with van der Waals surface area (Å²) in [5.74, 6) is 0.848. The smallest absolute Gasteiger partial charge is 0.338 e. The van der Waals surface area contributed by atoms with Gasteiger partial charge in [0.25, 0.3) is 0 Å². The number of aliphatic hydroxyl groups excluding tert-OH is 2. The summed E-state index contributed by atoms with van der Waals surface area (Å²) in [6, 6.07) is 6.22. The Kier molecular flexibility index (Phi) is 13.1. The van der Waals surface area contributed by atoms with E-state index in [2.05, 4.69) is 0 Å². The molecule has 8 heteroatoms.